The Kier molecular flexibility index (Phi) is 11.0. The SMILES string of the molecule is CCCCc1ccc([Si](c2ccc(-n3c4ccc5ccccc5c4c4c5ccccc5ccc43)cc2)(c2ccc(-n3c4ccc5ccccc5c4c4c5ccccc5ccc43)cc2)c2ccc(CCCC)cn2)nc1. The van der Waals surface area contributed by atoms with E-state index in [0.29, 0.717) is 0 Å². The highest BCUT2D eigenvalue weighted by molar-refractivity contribution is 7.19. The van der Waals surface area contributed by atoms with Crippen molar-refractivity contribution in [1.82, 2.24) is 19.1 Å². The van der Waals surface area contributed by atoms with E-state index in [2.05, 4.69) is 254 Å². The molecule has 360 valence electrons. The maximum Gasteiger partial charge on any atom is 0.223 e. The van der Waals surface area contributed by atoms with Crippen molar-refractivity contribution in [3.8, 4) is 11.4 Å². The van der Waals surface area contributed by atoms with Crippen molar-refractivity contribution in [3.05, 3.63) is 242 Å². The Morgan fingerprint density at radius 2 is 0.653 bits per heavy atom. The summed E-state index contributed by atoms with van der Waals surface area (Å²) in [5, 5.41) is 19.9. The molecular weight excluding hydrogens is 925 g/mol. The lowest BCUT2D eigenvalue weighted by Gasteiger charge is -2.32. The molecule has 0 aliphatic heterocycles. The minimum atomic E-state index is -3.22. The summed E-state index contributed by atoms with van der Waals surface area (Å²) in [6.45, 7) is 4.52. The molecule has 4 nitrogen and oxygen atoms in total. The summed E-state index contributed by atoms with van der Waals surface area (Å²) in [4.78, 5) is 11.1. The Morgan fingerprint density at radius 3 is 0.947 bits per heavy atom. The number of nitrogens with zero attached hydrogens (tertiary/aromatic N) is 4. The van der Waals surface area contributed by atoms with Crippen LogP contribution in [0.25, 0.3) is 98.1 Å². The van der Waals surface area contributed by atoms with E-state index in [4.69, 9.17) is 9.97 Å². The maximum atomic E-state index is 5.54. The maximum absolute atomic E-state index is 5.54. The van der Waals surface area contributed by atoms with E-state index in [0.717, 1.165) is 60.5 Å². The third kappa shape index (κ3) is 7.16. The van der Waals surface area contributed by atoms with Gasteiger partial charge in [-0.3, -0.25) is 9.97 Å². The topological polar surface area (TPSA) is 35.6 Å². The molecule has 0 aliphatic rings. The fraction of sp³-hybridized carbons (Fsp3) is 0.114. The van der Waals surface area contributed by atoms with Crippen LogP contribution >= 0.6 is 0 Å². The number of unbranched alkanes of at least 4 members (excludes halogenated alkanes) is 2. The first kappa shape index (κ1) is 45.0. The quantitative estimate of drug-likeness (QED) is 0.114. The van der Waals surface area contributed by atoms with Crippen molar-refractivity contribution >= 4 is 116 Å². The van der Waals surface area contributed by atoms with E-state index in [-0.39, 0.29) is 0 Å². The second-order valence-electron chi connectivity index (χ2n) is 20.5. The van der Waals surface area contributed by atoms with E-state index < -0.39 is 8.07 Å². The predicted octanol–water partition coefficient (Wildman–Crippen LogP) is 15.3. The van der Waals surface area contributed by atoms with Crippen LogP contribution in [0.3, 0.4) is 0 Å². The van der Waals surface area contributed by atoms with Gasteiger partial charge in [-0.1, -0.05) is 184 Å². The fourth-order valence-corrected chi connectivity index (χ4v) is 16.9. The van der Waals surface area contributed by atoms with Crippen molar-refractivity contribution in [2.24, 2.45) is 0 Å². The molecule has 14 aromatic rings. The highest BCUT2D eigenvalue weighted by Crippen LogP contribution is 2.42. The zero-order chi connectivity index (χ0) is 50.0. The van der Waals surface area contributed by atoms with Gasteiger partial charge in [0.05, 0.1) is 22.1 Å². The van der Waals surface area contributed by atoms with E-state index in [1.54, 1.807) is 0 Å². The second kappa shape index (κ2) is 18.4. The van der Waals surface area contributed by atoms with Gasteiger partial charge in [0, 0.05) is 55.9 Å². The van der Waals surface area contributed by atoms with Crippen LogP contribution < -0.4 is 21.0 Å². The molecule has 0 radical (unpaired) electrons. The summed E-state index contributed by atoms with van der Waals surface area (Å²) in [6, 6.07) is 82.0. The number of fused-ring (bicyclic) bond motifs is 14. The molecule has 10 aromatic carbocycles. The van der Waals surface area contributed by atoms with Crippen molar-refractivity contribution in [2.45, 2.75) is 52.4 Å². The second-order valence-corrected chi connectivity index (χ2v) is 24.2. The van der Waals surface area contributed by atoms with Gasteiger partial charge in [0.1, 0.15) is 0 Å². The molecule has 4 aromatic heterocycles. The number of rotatable bonds is 12. The average molecular weight is 981 g/mol. The first-order chi connectivity index (χ1) is 37.1. The largest absolute Gasteiger partial charge is 0.309 e. The molecule has 0 saturated carbocycles. The van der Waals surface area contributed by atoms with E-state index >= 15 is 0 Å². The Hall–Kier alpha value is -8.64. The van der Waals surface area contributed by atoms with E-state index in [1.807, 2.05) is 0 Å². The number of aromatic nitrogens is 4. The van der Waals surface area contributed by atoms with Crippen molar-refractivity contribution in [1.29, 1.82) is 0 Å². The van der Waals surface area contributed by atoms with Gasteiger partial charge in [-0.2, -0.15) is 0 Å². The Balaban J connectivity index is 1.00. The van der Waals surface area contributed by atoms with Crippen LogP contribution in [-0.2, 0) is 12.8 Å². The van der Waals surface area contributed by atoms with Gasteiger partial charge in [0.2, 0.25) is 8.07 Å². The predicted molar refractivity (Wildman–Crippen MR) is 322 cm³/mol. The third-order valence-corrected chi connectivity index (χ3v) is 20.8. The van der Waals surface area contributed by atoms with Gasteiger partial charge in [0.25, 0.3) is 0 Å². The lowest BCUT2D eigenvalue weighted by atomic mass is 10.00. The van der Waals surface area contributed by atoms with Gasteiger partial charge in [-0.15, -0.1) is 0 Å². The van der Waals surface area contributed by atoms with Gasteiger partial charge < -0.3 is 9.13 Å². The minimum absolute atomic E-state index is 1.01. The van der Waals surface area contributed by atoms with Gasteiger partial charge in [-0.25, -0.2) is 0 Å². The monoisotopic (exact) mass is 980 g/mol. The molecule has 0 fully saturated rings. The summed E-state index contributed by atoms with van der Waals surface area (Å²) in [7, 11) is -3.22. The average Bonchev–Trinajstić information content (AvgIpc) is 4.07. The van der Waals surface area contributed by atoms with Gasteiger partial charge in [0.15, 0.2) is 0 Å². The third-order valence-electron chi connectivity index (χ3n) is 16.3. The zero-order valence-electron chi connectivity index (χ0n) is 42.5. The molecule has 14 rings (SSSR count). The molecular formula is C70H56N4Si. The Morgan fingerprint density at radius 1 is 0.333 bits per heavy atom. The fourth-order valence-electron chi connectivity index (χ4n) is 12.6. The molecule has 0 unspecified atom stereocenters. The lowest BCUT2D eigenvalue weighted by Crippen LogP contribution is -2.76. The van der Waals surface area contributed by atoms with E-state index in [9.17, 15) is 0 Å². The van der Waals surface area contributed by atoms with Crippen molar-refractivity contribution < 1.29 is 0 Å². The molecule has 75 heavy (non-hydrogen) atoms. The van der Waals surface area contributed by atoms with E-state index in [1.165, 1.54) is 108 Å². The van der Waals surface area contributed by atoms with Crippen molar-refractivity contribution in [3.63, 3.8) is 0 Å². The Bertz CT molecular complexity index is 4000. The van der Waals surface area contributed by atoms with Crippen LogP contribution in [0, 0.1) is 0 Å². The normalized spacial score (nSPS) is 12.2. The summed E-state index contributed by atoms with van der Waals surface area (Å²) < 4.78 is 4.95. The first-order valence-electron chi connectivity index (χ1n) is 26.9. The number of benzene rings is 10. The summed E-state index contributed by atoms with van der Waals surface area (Å²) >= 11 is 0. The van der Waals surface area contributed by atoms with Crippen molar-refractivity contribution in [2.75, 3.05) is 0 Å². The molecule has 0 spiro atoms. The smallest absolute Gasteiger partial charge is 0.223 e. The van der Waals surface area contributed by atoms with Crippen LogP contribution in [0.15, 0.2) is 231 Å². The summed E-state index contributed by atoms with van der Waals surface area (Å²) in [6.07, 6.45) is 10.9. The highest BCUT2D eigenvalue weighted by Gasteiger charge is 2.45. The van der Waals surface area contributed by atoms with Crippen LogP contribution in [-0.4, -0.2) is 27.2 Å². The summed E-state index contributed by atoms with van der Waals surface area (Å²) in [5.74, 6) is 0. The van der Waals surface area contributed by atoms with Gasteiger partial charge in [-0.05, 0) is 151 Å². The molecule has 0 saturated heterocycles. The minimum Gasteiger partial charge on any atom is -0.309 e. The first-order valence-corrected chi connectivity index (χ1v) is 28.9. The highest BCUT2D eigenvalue weighted by atomic mass is 28.3. The number of pyridine rings is 2. The standard InChI is InChI=1S/C70H56N4Si/c1-3-5-15-47-25-43-65(71-45-47)75(66-44-26-48(46-72-66)16-6-4-2,55-35-31-53(32-36-55)73-61-39-27-49-17-7-11-21-57(49)67(61)68-58-22-12-8-18-50(58)28-40-62(68)73)56-37-33-54(34-38-56)74-63-41-29-51-19-9-13-23-59(51)69(63)70-60-24-14-10-20-52(60)30-42-64(70)74/h7-14,17-46H,3-6,15-16H2,1-2H3. The summed E-state index contributed by atoms with van der Waals surface area (Å²) in [5.41, 5.74) is 9.60. The lowest BCUT2D eigenvalue weighted by molar-refractivity contribution is 0.792. The molecule has 0 amide bonds. The van der Waals surface area contributed by atoms with Crippen LogP contribution in [0.4, 0.5) is 0 Å². The van der Waals surface area contributed by atoms with Crippen LogP contribution in [0.5, 0.6) is 0 Å². The molecule has 0 bridgehead atoms. The molecule has 0 aliphatic carbocycles. The Labute approximate surface area is 438 Å². The molecule has 0 N–H and O–H groups in total. The molecule has 0 atom stereocenters. The number of aryl methyl sites for hydroxylation is 2. The number of hydrogen-bond donors (Lipinski definition) is 0. The van der Waals surface area contributed by atoms with Crippen LogP contribution in [0.2, 0.25) is 0 Å². The molecule has 4 heterocycles. The zero-order valence-corrected chi connectivity index (χ0v) is 43.5. The number of hydrogen-bond acceptors (Lipinski definition) is 2. The van der Waals surface area contributed by atoms with Gasteiger partial charge >= 0.3 is 0 Å². The van der Waals surface area contributed by atoms with Crippen LogP contribution in [0.1, 0.15) is 50.7 Å². The molecule has 5 heteroatoms.